The molecule has 8 nitrogen and oxygen atoms in total. The van der Waals surface area contributed by atoms with Crippen molar-refractivity contribution in [2.24, 2.45) is 0 Å². The van der Waals surface area contributed by atoms with Gasteiger partial charge in [0.25, 0.3) is 11.8 Å². The van der Waals surface area contributed by atoms with Gasteiger partial charge in [-0.3, -0.25) is 9.59 Å². The molecule has 4 aliphatic heterocycles. The number of rotatable bonds is 4. The van der Waals surface area contributed by atoms with E-state index in [9.17, 15) is 9.59 Å². The average Bonchev–Trinajstić information content (AvgIpc) is 3.98. The molecule has 0 unspecified atom stereocenters. The molecular formula is C42H30N2O6. The van der Waals surface area contributed by atoms with Gasteiger partial charge in [0, 0.05) is 11.1 Å². The number of ether oxygens (including phenoxy) is 4. The highest BCUT2D eigenvalue weighted by molar-refractivity contribution is 6.13. The Bertz CT molecular complexity index is 2130. The van der Waals surface area contributed by atoms with Gasteiger partial charge in [-0.25, -0.2) is 0 Å². The lowest BCUT2D eigenvalue weighted by molar-refractivity contribution is 0.0989. The Morgan fingerprint density at radius 2 is 0.820 bits per heavy atom. The largest absolute Gasteiger partial charge is 0.454 e. The first-order valence-electron chi connectivity index (χ1n) is 16.4. The fourth-order valence-corrected chi connectivity index (χ4v) is 7.04. The number of fused-ring (bicyclic) bond motifs is 4. The number of hydrogen-bond donors (Lipinski definition) is 0. The molecule has 0 saturated heterocycles. The summed E-state index contributed by atoms with van der Waals surface area (Å²) in [5.74, 6) is 2.87. The number of benzene rings is 6. The van der Waals surface area contributed by atoms with Crippen molar-refractivity contribution in [3.8, 4) is 45.3 Å². The monoisotopic (exact) mass is 658 g/mol. The third-order valence-electron chi connectivity index (χ3n) is 9.38. The molecule has 6 aromatic rings. The summed E-state index contributed by atoms with van der Waals surface area (Å²) in [6, 6.07) is 43.1. The van der Waals surface area contributed by atoms with Crippen LogP contribution in [-0.4, -0.2) is 25.4 Å². The first kappa shape index (κ1) is 29.6. The molecule has 0 radical (unpaired) electrons. The van der Waals surface area contributed by atoms with Crippen LogP contribution in [0, 0.1) is 0 Å². The van der Waals surface area contributed by atoms with Crippen molar-refractivity contribution in [3.05, 3.63) is 156 Å². The molecule has 0 aromatic heterocycles. The number of nitrogens with zero attached hydrogens (tertiary/aromatic N) is 2. The summed E-state index contributed by atoms with van der Waals surface area (Å²) in [7, 11) is 0. The van der Waals surface area contributed by atoms with Crippen molar-refractivity contribution in [1.82, 2.24) is 0 Å². The standard InChI is InChI=1S/2C21H15NO3/c2*23-21-16-9-5-4-8-15(16)12-22(21)17-10-11-18-20(25-13-24-18)19(17)14-6-2-1-3-7-14/h2*1-11H,12-13H2. The second-order valence-corrected chi connectivity index (χ2v) is 12.2. The first-order valence-corrected chi connectivity index (χ1v) is 16.4. The Kier molecular flexibility index (Phi) is 7.20. The summed E-state index contributed by atoms with van der Waals surface area (Å²) in [5.41, 5.74) is 9.11. The van der Waals surface area contributed by atoms with Gasteiger partial charge in [0.05, 0.1) is 35.6 Å². The third-order valence-corrected chi connectivity index (χ3v) is 9.38. The van der Waals surface area contributed by atoms with E-state index in [4.69, 9.17) is 18.9 Å². The van der Waals surface area contributed by atoms with Gasteiger partial charge in [-0.1, -0.05) is 97.1 Å². The van der Waals surface area contributed by atoms with Gasteiger partial charge in [-0.2, -0.15) is 0 Å². The van der Waals surface area contributed by atoms with E-state index in [1.165, 1.54) is 0 Å². The van der Waals surface area contributed by atoms with E-state index in [2.05, 4.69) is 0 Å². The van der Waals surface area contributed by atoms with Crippen LogP contribution in [0.5, 0.6) is 23.0 Å². The highest BCUT2D eigenvalue weighted by Gasteiger charge is 2.34. The highest BCUT2D eigenvalue weighted by atomic mass is 16.7. The molecular weight excluding hydrogens is 628 g/mol. The molecule has 0 N–H and O–H groups in total. The van der Waals surface area contributed by atoms with Crippen molar-refractivity contribution in [1.29, 1.82) is 0 Å². The zero-order valence-corrected chi connectivity index (χ0v) is 26.9. The summed E-state index contributed by atoms with van der Waals surface area (Å²) in [6.07, 6.45) is 0. The maximum atomic E-state index is 12.9. The molecule has 0 fully saturated rings. The summed E-state index contributed by atoms with van der Waals surface area (Å²) in [4.78, 5) is 29.5. The molecule has 0 saturated carbocycles. The van der Waals surface area contributed by atoms with Gasteiger partial charge in [-0.05, 0) is 58.7 Å². The molecule has 0 atom stereocenters. The van der Waals surface area contributed by atoms with Crippen molar-refractivity contribution in [2.45, 2.75) is 13.1 Å². The van der Waals surface area contributed by atoms with Crippen molar-refractivity contribution < 1.29 is 28.5 Å². The predicted octanol–water partition coefficient (Wildman–Crippen LogP) is 8.49. The van der Waals surface area contributed by atoms with Gasteiger partial charge in [0.1, 0.15) is 0 Å². The quantitative estimate of drug-likeness (QED) is 0.189. The Hall–Kier alpha value is -6.54. The molecule has 2 amide bonds. The summed E-state index contributed by atoms with van der Waals surface area (Å²) in [5, 5.41) is 0. The minimum atomic E-state index is 0.0200. The summed E-state index contributed by atoms with van der Waals surface area (Å²) in [6.45, 7) is 1.53. The van der Waals surface area contributed by atoms with E-state index in [0.29, 0.717) is 36.1 Å². The molecule has 8 heteroatoms. The number of carbonyl (C=O) groups is 2. The van der Waals surface area contributed by atoms with Crippen LogP contribution in [0.4, 0.5) is 11.4 Å². The molecule has 244 valence electrons. The molecule has 10 rings (SSSR count). The van der Waals surface area contributed by atoms with Gasteiger partial charge < -0.3 is 28.7 Å². The van der Waals surface area contributed by atoms with E-state index in [1.807, 2.05) is 143 Å². The Morgan fingerprint density at radius 1 is 0.420 bits per heavy atom. The molecule has 4 heterocycles. The van der Waals surface area contributed by atoms with E-state index in [-0.39, 0.29) is 25.4 Å². The van der Waals surface area contributed by atoms with Crippen LogP contribution in [0.2, 0.25) is 0 Å². The van der Waals surface area contributed by atoms with E-state index in [0.717, 1.165) is 55.9 Å². The zero-order chi connectivity index (χ0) is 33.6. The minimum absolute atomic E-state index is 0.0200. The molecule has 0 spiro atoms. The Balaban J connectivity index is 0.000000135. The molecule has 0 aliphatic carbocycles. The van der Waals surface area contributed by atoms with Crippen LogP contribution in [-0.2, 0) is 13.1 Å². The second kappa shape index (κ2) is 12.2. The third kappa shape index (κ3) is 4.92. The number of carbonyl (C=O) groups excluding carboxylic acids is 2. The van der Waals surface area contributed by atoms with Crippen LogP contribution in [0.3, 0.4) is 0 Å². The van der Waals surface area contributed by atoms with Crippen molar-refractivity contribution in [3.63, 3.8) is 0 Å². The second-order valence-electron chi connectivity index (χ2n) is 12.2. The maximum Gasteiger partial charge on any atom is 0.258 e. The molecule has 50 heavy (non-hydrogen) atoms. The highest BCUT2D eigenvalue weighted by Crippen LogP contribution is 2.49. The zero-order valence-electron chi connectivity index (χ0n) is 26.9. The lowest BCUT2D eigenvalue weighted by atomic mass is 10.0. The smallest absolute Gasteiger partial charge is 0.258 e. The van der Waals surface area contributed by atoms with Gasteiger partial charge in [0.15, 0.2) is 23.0 Å². The van der Waals surface area contributed by atoms with Crippen LogP contribution in [0.1, 0.15) is 31.8 Å². The van der Waals surface area contributed by atoms with Gasteiger partial charge in [0.2, 0.25) is 13.6 Å². The number of amides is 2. The lowest BCUT2D eigenvalue weighted by Gasteiger charge is -2.21. The van der Waals surface area contributed by atoms with Crippen molar-refractivity contribution >= 4 is 23.2 Å². The SMILES string of the molecule is O=C1c2ccccc2CN1c1ccc2c(c1-c1ccccc1)OCO2.O=C1c2ccccc2CN1c1ccc2c(c1-c1ccccc1)OCO2. The van der Waals surface area contributed by atoms with Crippen LogP contribution >= 0.6 is 0 Å². The lowest BCUT2D eigenvalue weighted by Crippen LogP contribution is -2.23. The number of hydrogen-bond acceptors (Lipinski definition) is 6. The van der Waals surface area contributed by atoms with Gasteiger partial charge in [-0.15, -0.1) is 0 Å². The van der Waals surface area contributed by atoms with Crippen LogP contribution < -0.4 is 28.7 Å². The normalized spacial score (nSPS) is 14.7. The van der Waals surface area contributed by atoms with Gasteiger partial charge >= 0.3 is 0 Å². The molecule has 4 aliphatic rings. The minimum Gasteiger partial charge on any atom is -0.454 e. The summed E-state index contributed by atoms with van der Waals surface area (Å²) < 4.78 is 22.6. The summed E-state index contributed by atoms with van der Waals surface area (Å²) >= 11 is 0. The van der Waals surface area contributed by atoms with Crippen molar-refractivity contribution in [2.75, 3.05) is 23.4 Å². The van der Waals surface area contributed by atoms with Crippen LogP contribution in [0.25, 0.3) is 22.3 Å². The average molecular weight is 659 g/mol. The Labute approximate surface area is 288 Å². The fraction of sp³-hybridized carbons (Fsp3) is 0.0952. The van der Waals surface area contributed by atoms with E-state index >= 15 is 0 Å². The topological polar surface area (TPSA) is 77.5 Å². The molecule has 0 bridgehead atoms. The maximum absolute atomic E-state index is 12.9. The number of anilines is 2. The molecule has 6 aromatic carbocycles. The van der Waals surface area contributed by atoms with E-state index in [1.54, 1.807) is 0 Å². The Morgan fingerprint density at radius 3 is 1.24 bits per heavy atom. The predicted molar refractivity (Wildman–Crippen MR) is 190 cm³/mol. The fourth-order valence-electron chi connectivity index (χ4n) is 7.04. The van der Waals surface area contributed by atoms with Crippen LogP contribution in [0.15, 0.2) is 133 Å². The first-order chi connectivity index (χ1) is 24.7. The van der Waals surface area contributed by atoms with E-state index < -0.39 is 0 Å².